The summed E-state index contributed by atoms with van der Waals surface area (Å²) in [6, 6.07) is 15.8. The summed E-state index contributed by atoms with van der Waals surface area (Å²) in [5.74, 6) is 1.03. The fourth-order valence-corrected chi connectivity index (χ4v) is 3.76. The van der Waals surface area contributed by atoms with E-state index in [1.54, 1.807) is 31.6 Å². The van der Waals surface area contributed by atoms with Gasteiger partial charge in [0.05, 0.1) is 35.4 Å². The third kappa shape index (κ3) is 4.10. The van der Waals surface area contributed by atoms with E-state index >= 15 is 0 Å². The highest BCUT2D eigenvalue weighted by molar-refractivity contribution is 6.02. The zero-order chi connectivity index (χ0) is 22.8. The van der Waals surface area contributed by atoms with Gasteiger partial charge in [-0.3, -0.25) is 10.1 Å². The predicted molar refractivity (Wildman–Crippen MR) is 125 cm³/mol. The Morgan fingerprint density at radius 2 is 1.76 bits per heavy atom. The molecule has 3 heterocycles. The van der Waals surface area contributed by atoms with Crippen molar-refractivity contribution in [1.82, 2.24) is 25.1 Å². The number of rotatable bonds is 6. The van der Waals surface area contributed by atoms with Gasteiger partial charge in [0, 0.05) is 24.0 Å². The summed E-state index contributed by atoms with van der Waals surface area (Å²) in [7, 11) is 1.61. The molecule has 5 aromatic rings. The van der Waals surface area contributed by atoms with E-state index in [1.165, 1.54) is 18.5 Å². The minimum Gasteiger partial charge on any atom is -0.497 e. The third-order valence-electron chi connectivity index (χ3n) is 5.50. The Labute approximate surface area is 189 Å². The first-order chi connectivity index (χ1) is 16.1. The molecular weight excluding hydrogens is 419 g/mol. The van der Waals surface area contributed by atoms with Crippen LogP contribution in [0.1, 0.15) is 18.7 Å². The number of H-pyrrole nitrogens is 1. The van der Waals surface area contributed by atoms with Crippen LogP contribution in [0, 0.1) is 5.82 Å². The van der Waals surface area contributed by atoms with Crippen molar-refractivity contribution in [2.45, 2.75) is 13.0 Å². The Bertz CT molecular complexity index is 1400. The Balaban J connectivity index is 1.54. The molecule has 0 aliphatic heterocycles. The van der Waals surface area contributed by atoms with Gasteiger partial charge in [-0.15, -0.1) is 0 Å². The van der Waals surface area contributed by atoms with E-state index in [9.17, 15) is 4.39 Å². The minimum atomic E-state index is -0.293. The maximum Gasteiger partial charge on any atom is 0.138 e. The van der Waals surface area contributed by atoms with E-state index in [1.807, 2.05) is 37.3 Å². The first-order valence-corrected chi connectivity index (χ1v) is 10.4. The van der Waals surface area contributed by atoms with Crippen LogP contribution >= 0.6 is 0 Å². The Hall–Kier alpha value is -4.33. The lowest BCUT2D eigenvalue weighted by Gasteiger charge is -2.17. The third-order valence-corrected chi connectivity index (χ3v) is 5.50. The normalized spacial score (nSPS) is 12.0. The average Bonchev–Trinajstić information content (AvgIpc) is 3.35. The highest BCUT2D eigenvalue weighted by Crippen LogP contribution is 2.36. The number of hydrogen-bond acceptors (Lipinski definition) is 6. The number of pyridine rings is 1. The number of nitrogens with zero attached hydrogens (tertiary/aromatic N) is 4. The van der Waals surface area contributed by atoms with Crippen LogP contribution in [-0.2, 0) is 0 Å². The van der Waals surface area contributed by atoms with Crippen molar-refractivity contribution >= 4 is 16.7 Å². The van der Waals surface area contributed by atoms with Crippen LogP contribution in [0.3, 0.4) is 0 Å². The Morgan fingerprint density at radius 3 is 2.52 bits per heavy atom. The molecule has 33 heavy (non-hydrogen) atoms. The van der Waals surface area contributed by atoms with Gasteiger partial charge >= 0.3 is 0 Å². The van der Waals surface area contributed by atoms with Crippen molar-refractivity contribution in [1.29, 1.82) is 0 Å². The van der Waals surface area contributed by atoms with E-state index in [0.717, 1.165) is 39.0 Å². The molecule has 0 aliphatic rings. The standard InChI is InChI=1S/C25H21FN6O/c1-15(21-13-22(32-31-21)17-7-9-27-10-8-17)30-25-24-20(16-3-5-18(26)6-4-16)11-19(33-2)12-23(24)28-14-29-25/h3-15H,1-2H3,(H,31,32)(H,28,29,30). The number of hydrogen-bond donors (Lipinski definition) is 2. The fraction of sp³-hybridized carbons (Fsp3) is 0.120. The van der Waals surface area contributed by atoms with Crippen molar-refractivity contribution in [2.24, 2.45) is 0 Å². The molecule has 0 saturated carbocycles. The lowest BCUT2D eigenvalue weighted by atomic mass is 10.00. The second-order valence-corrected chi connectivity index (χ2v) is 7.61. The predicted octanol–water partition coefficient (Wildman–Crippen LogP) is 5.40. The number of nitrogens with one attached hydrogen (secondary N) is 2. The molecule has 5 rings (SSSR count). The van der Waals surface area contributed by atoms with Crippen LogP contribution in [-0.4, -0.2) is 32.3 Å². The summed E-state index contributed by atoms with van der Waals surface area (Å²) in [5.41, 5.74) is 5.14. The molecule has 0 amide bonds. The van der Waals surface area contributed by atoms with Crippen molar-refractivity contribution in [2.75, 3.05) is 12.4 Å². The van der Waals surface area contributed by atoms with E-state index in [4.69, 9.17) is 4.74 Å². The van der Waals surface area contributed by atoms with Gasteiger partial charge in [0.2, 0.25) is 0 Å². The zero-order valence-corrected chi connectivity index (χ0v) is 18.1. The lowest BCUT2D eigenvalue weighted by molar-refractivity contribution is 0.415. The van der Waals surface area contributed by atoms with Gasteiger partial charge in [0.1, 0.15) is 23.7 Å². The number of anilines is 1. The maximum absolute atomic E-state index is 13.6. The van der Waals surface area contributed by atoms with Gasteiger partial charge in [0.15, 0.2) is 0 Å². The summed E-state index contributed by atoms with van der Waals surface area (Å²) in [6.07, 6.45) is 4.99. The van der Waals surface area contributed by atoms with Gasteiger partial charge in [-0.1, -0.05) is 12.1 Å². The molecule has 1 unspecified atom stereocenters. The monoisotopic (exact) mass is 440 g/mol. The van der Waals surface area contributed by atoms with Crippen molar-refractivity contribution in [3.05, 3.63) is 84.8 Å². The number of aromatic amines is 1. The summed E-state index contributed by atoms with van der Waals surface area (Å²) in [6.45, 7) is 2.03. The van der Waals surface area contributed by atoms with Crippen LogP contribution in [0.4, 0.5) is 10.2 Å². The van der Waals surface area contributed by atoms with Crippen LogP contribution in [0.5, 0.6) is 5.75 Å². The summed E-state index contributed by atoms with van der Waals surface area (Å²) in [4.78, 5) is 13.0. The molecular formula is C25H21FN6O. The number of aromatic nitrogens is 5. The summed E-state index contributed by atoms with van der Waals surface area (Å²) < 4.78 is 19.0. The topological polar surface area (TPSA) is 88.6 Å². The van der Waals surface area contributed by atoms with Crippen LogP contribution < -0.4 is 10.1 Å². The first-order valence-electron chi connectivity index (χ1n) is 10.4. The molecule has 3 aromatic heterocycles. The second kappa shape index (κ2) is 8.66. The van der Waals surface area contributed by atoms with Crippen LogP contribution in [0.2, 0.25) is 0 Å². The molecule has 0 saturated heterocycles. The molecule has 2 N–H and O–H groups in total. The quantitative estimate of drug-likeness (QED) is 0.367. The van der Waals surface area contributed by atoms with Crippen molar-refractivity contribution in [3.8, 4) is 28.1 Å². The fourth-order valence-electron chi connectivity index (χ4n) is 3.76. The Kier molecular flexibility index (Phi) is 5.40. The minimum absolute atomic E-state index is 0.116. The number of halogens is 1. The number of ether oxygens (including phenoxy) is 1. The number of methoxy groups -OCH3 is 1. The van der Waals surface area contributed by atoms with Gasteiger partial charge < -0.3 is 10.1 Å². The molecule has 8 heteroatoms. The molecule has 7 nitrogen and oxygen atoms in total. The number of benzene rings is 2. The van der Waals surface area contributed by atoms with Crippen molar-refractivity contribution in [3.63, 3.8) is 0 Å². The Morgan fingerprint density at radius 1 is 0.970 bits per heavy atom. The molecule has 0 spiro atoms. The largest absolute Gasteiger partial charge is 0.497 e. The first kappa shape index (κ1) is 20.6. The lowest BCUT2D eigenvalue weighted by Crippen LogP contribution is -2.09. The molecule has 2 aromatic carbocycles. The van der Waals surface area contributed by atoms with E-state index in [-0.39, 0.29) is 11.9 Å². The molecule has 1 atom stereocenters. The van der Waals surface area contributed by atoms with E-state index in [0.29, 0.717) is 11.6 Å². The van der Waals surface area contributed by atoms with Gasteiger partial charge in [0.25, 0.3) is 0 Å². The van der Waals surface area contributed by atoms with Crippen molar-refractivity contribution < 1.29 is 9.13 Å². The summed E-state index contributed by atoms with van der Waals surface area (Å²) >= 11 is 0. The molecule has 0 fully saturated rings. The highest BCUT2D eigenvalue weighted by atomic mass is 19.1. The van der Waals surface area contributed by atoms with Gasteiger partial charge in [-0.2, -0.15) is 5.10 Å². The van der Waals surface area contributed by atoms with Crippen LogP contribution in [0.15, 0.2) is 73.3 Å². The average molecular weight is 440 g/mol. The molecule has 164 valence electrons. The zero-order valence-electron chi connectivity index (χ0n) is 18.1. The molecule has 0 aliphatic carbocycles. The highest BCUT2D eigenvalue weighted by Gasteiger charge is 2.17. The molecule has 0 bridgehead atoms. The van der Waals surface area contributed by atoms with Gasteiger partial charge in [-0.25, -0.2) is 14.4 Å². The van der Waals surface area contributed by atoms with Gasteiger partial charge in [-0.05, 0) is 54.4 Å². The summed E-state index contributed by atoms with van der Waals surface area (Å²) in [5, 5.41) is 11.8. The van der Waals surface area contributed by atoms with Crippen LogP contribution in [0.25, 0.3) is 33.3 Å². The second-order valence-electron chi connectivity index (χ2n) is 7.61. The molecule has 0 radical (unpaired) electrons. The number of fused-ring (bicyclic) bond motifs is 1. The van der Waals surface area contributed by atoms with E-state index in [2.05, 4.69) is 30.5 Å². The smallest absolute Gasteiger partial charge is 0.138 e. The maximum atomic E-state index is 13.6. The SMILES string of the molecule is COc1cc(-c2ccc(F)cc2)c2c(NC(C)c3cc(-c4ccncc4)n[nH]3)ncnc2c1. The van der Waals surface area contributed by atoms with E-state index < -0.39 is 0 Å².